The second-order valence-corrected chi connectivity index (χ2v) is 18.8. The van der Waals surface area contributed by atoms with Crippen LogP contribution in [-0.2, 0) is 47.7 Å². The lowest BCUT2D eigenvalue weighted by Crippen LogP contribution is -2.82. The Morgan fingerprint density at radius 1 is 0.809 bits per heavy atom. The third-order valence-electron chi connectivity index (χ3n) is 14.1. The van der Waals surface area contributed by atoms with Crippen LogP contribution >= 0.6 is 0 Å². The molecule has 17 heteroatoms. The molecule has 1 aliphatic heterocycles. The lowest BCUT2D eigenvalue weighted by atomic mass is 9.44. The van der Waals surface area contributed by atoms with Crippen molar-refractivity contribution in [3.63, 3.8) is 0 Å². The number of carbonyl (C=O) groups excluding carboxylic acids is 7. The monoisotopic (exact) mass is 940 g/mol. The molecule has 4 N–H and O–H groups in total. The van der Waals surface area contributed by atoms with Crippen molar-refractivity contribution >= 4 is 41.5 Å². The molecule has 0 aromatic heterocycles. The number of rotatable bonds is 10. The predicted molar refractivity (Wildman–Crippen MR) is 242 cm³/mol. The molecule has 2 saturated carbocycles. The van der Waals surface area contributed by atoms with Crippen LogP contribution < -0.4 is 5.32 Å². The molecule has 3 fully saturated rings. The minimum atomic E-state index is -2.39. The first-order valence-electron chi connectivity index (χ1n) is 22.3. The normalized spacial score (nSPS) is 29.7. The Morgan fingerprint density at radius 3 is 1.85 bits per heavy atom. The number of esters is 4. The highest BCUT2D eigenvalue weighted by Gasteiger charge is 2.78. The first kappa shape index (κ1) is 51.1. The van der Waals surface area contributed by atoms with E-state index in [2.05, 4.69) is 5.32 Å². The highest BCUT2D eigenvalue weighted by atomic mass is 16.6. The molecule has 11 atom stereocenters. The number of ketones is 1. The Kier molecular flexibility index (Phi) is 14.9. The first-order chi connectivity index (χ1) is 31.9. The van der Waals surface area contributed by atoms with Crippen LogP contribution in [0.25, 0.3) is 0 Å². The van der Waals surface area contributed by atoms with Gasteiger partial charge in [-0.15, -0.1) is 0 Å². The molecule has 3 aromatic rings. The van der Waals surface area contributed by atoms with E-state index in [0.29, 0.717) is 5.56 Å². The van der Waals surface area contributed by atoms with E-state index in [1.807, 2.05) is 0 Å². The number of nitrogens with one attached hydrogen (secondary N) is 1. The van der Waals surface area contributed by atoms with Gasteiger partial charge in [-0.1, -0.05) is 80.6 Å². The molecule has 1 unspecified atom stereocenters. The zero-order valence-corrected chi connectivity index (χ0v) is 39.6. The van der Waals surface area contributed by atoms with E-state index >= 15 is 4.79 Å². The van der Waals surface area contributed by atoms with E-state index in [9.17, 15) is 44.1 Å². The molecule has 3 aliphatic carbocycles. The van der Waals surface area contributed by atoms with Crippen molar-refractivity contribution in [2.75, 3.05) is 20.7 Å². The van der Waals surface area contributed by atoms with Gasteiger partial charge in [-0.3, -0.25) is 24.0 Å². The fourth-order valence-corrected chi connectivity index (χ4v) is 10.2. The Bertz CT molecular complexity index is 2440. The number of fused-ring (bicyclic) bond motifs is 5. The molecule has 2 bridgehead atoms. The molecular formula is C51H60N2O15. The fourth-order valence-electron chi connectivity index (χ4n) is 10.2. The summed E-state index contributed by atoms with van der Waals surface area (Å²) in [6, 6.07) is 22.9. The minimum absolute atomic E-state index is 0.00289. The number of aliphatic hydroxyl groups excluding tert-OH is 2. The van der Waals surface area contributed by atoms with Crippen molar-refractivity contribution in [2.24, 2.45) is 16.7 Å². The van der Waals surface area contributed by atoms with Crippen LogP contribution in [0.3, 0.4) is 0 Å². The Balaban J connectivity index is 0.00000119. The molecule has 1 heterocycles. The SMILES string of the molecule is CC(=O)N(C)C.CC(=O)O[C@H]1C(=O)[C@@]2(C)C([C@H](OC(=O)c3ccccc3)[C@]3(O)C[C@H](OC(=O)[C@H](O)[C@@H](NC(=O)c4ccccc4)c4ccccc4)C(C)=C1C3(C)C)[C@]1(OC(C)=O)CO[C@@H]1C[C@@H]2O. The first-order valence-corrected chi connectivity index (χ1v) is 22.3. The Morgan fingerprint density at radius 2 is 1.35 bits per heavy atom. The Hall–Kier alpha value is -6.27. The van der Waals surface area contributed by atoms with Crippen LogP contribution in [0, 0.1) is 16.7 Å². The second-order valence-electron chi connectivity index (χ2n) is 18.8. The number of hydrogen-bond acceptors (Lipinski definition) is 15. The molecule has 7 rings (SSSR count). The largest absolute Gasteiger partial charge is 0.456 e. The standard InChI is InChI=1S/C47H51NO14.C4H9NO/c1-25-31(60-43(56)36(52)35(28-16-10-7-11-17-28)48-41(54)29-18-12-8-13-19-29)23-47(57)40(61-42(55)30-20-14-9-15-21-30)38-45(6,32(51)22-33-46(38,24-58-33)62-27(3)50)39(53)37(59-26(2)49)34(25)44(47,4)5;1-4(6)5(2)3/h7-21,31-33,35-38,40,51-52,57H,22-24H2,1-6H3,(H,48,54);1-3H3/t31-,32-,33+,35-,36+,37+,38?,40-,45+,46-,47+;/m0./s1. The summed E-state index contributed by atoms with van der Waals surface area (Å²) in [6.45, 7) is 9.50. The van der Waals surface area contributed by atoms with Crippen LogP contribution in [0.4, 0.5) is 0 Å². The van der Waals surface area contributed by atoms with Crippen LogP contribution in [0.15, 0.2) is 102 Å². The number of nitrogens with zero attached hydrogens (tertiary/aromatic N) is 1. The van der Waals surface area contributed by atoms with Gasteiger partial charge >= 0.3 is 23.9 Å². The summed E-state index contributed by atoms with van der Waals surface area (Å²) in [5.41, 5.74) is -7.02. The lowest BCUT2D eigenvalue weighted by molar-refractivity contribution is -0.346. The fraction of sp³-hybridized carbons (Fsp3) is 0.471. The molecule has 364 valence electrons. The maximum atomic E-state index is 15.5. The van der Waals surface area contributed by atoms with Crippen LogP contribution in [-0.4, -0.2) is 130 Å². The van der Waals surface area contributed by atoms with E-state index in [1.54, 1.807) is 107 Å². The summed E-state index contributed by atoms with van der Waals surface area (Å²) in [5, 5.41) is 40.2. The molecule has 68 heavy (non-hydrogen) atoms. The van der Waals surface area contributed by atoms with Gasteiger partial charge in [0.15, 0.2) is 23.6 Å². The lowest BCUT2D eigenvalue weighted by Gasteiger charge is -2.67. The zero-order valence-electron chi connectivity index (χ0n) is 39.6. The van der Waals surface area contributed by atoms with Gasteiger partial charge < -0.3 is 49.2 Å². The number of aliphatic hydroxyl groups is 3. The topological polar surface area (TPSA) is 242 Å². The van der Waals surface area contributed by atoms with Crippen LogP contribution in [0.2, 0.25) is 0 Å². The van der Waals surface area contributed by atoms with E-state index in [1.165, 1.54) is 37.8 Å². The van der Waals surface area contributed by atoms with Gasteiger partial charge in [-0.05, 0) is 54.8 Å². The molecule has 4 aliphatic rings. The number of carbonyl (C=O) groups is 7. The number of ether oxygens (including phenoxy) is 5. The van der Waals surface area contributed by atoms with E-state index in [-0.39, 0.29) is 41.2 Å². The van der Waals surface area contributed by atoms with E-state index < -0.39 is 113 Å². The summed E-state index contributed by atoms with van der Waals surface area (Å²) in [5.74, 6) is -6.75. The molecule has 0 spiro atoms. The number of Topliss-reactive ketones (excluding diaryl/α,β-unsaturated/α-hetero) is 1. The minimum Gasteiger partial charge on any atom is -0.456 e. The molecule has 17 nitrogen and oxygen atoms in total. The summed E-state index contributed by atoms with van der Waals surface area (Å²) in [6.07, 6.45) is -10.5. The quantitative estimate of drug-likeness (QED) is 0.128. The van der Waals surface area contributed by atoms with Gasteiger partial charge in [0, 0.05) is 58.7 Å². The summed E-state index contributed by atoms with van der Waals surface area (Å²) in [7, 11) is 3.45. The number of amides is 2. The highest BCUT2D eigenvalue weighted by Crippen LogP contribution is 2.64. The third kappa shape index (κ3) is 9.31. The van der Waals surface area contributed by atoms with Gasteiger partial charge in [-0.2, -0.15) is 0 Å². The van der Waals surface area contributed by atoms with Gasteiger partial charge in [0.25, 0.3) is 5.91 Å². The molecule has 2 amide bonds. The molecule has 3 aromatic carbocycles. The predicted octanol–water partition coefficient (Wildman–Crippen LogP) is 3.83. The summed E-state index contributed by atoms with van der Waals surface area (Å²) >= 11 is 0. The molecule has 1 saturated heterocycles. The summed E-state index contributed by atoms with van der Waals surface area (Å²) < 4.78 is 30.3. The maximum absolute atomic E-state index is 15.5. The van der Waals surface area contributed by atoms with Gasteiger partial charge in [-0.25, -0.2) is 9.59 Å². The second kappa shape index (κ2) is 19.8. The summed E-state index contributed by atoms with van der Waals surface area (Å²) in [4.78, 5) is 95.1. The number of benzene rings is 3. The van der Waals surface area contributed by atoms with Crippen molar-refractivity contribution in [3.8, 4) is 0 Å². The smallest absolute Gasteiger partial charge is 0.338 e. The third-order valence-corrected chi connectivity index (χ3v) is 14.1. The average molecular weight is 941 g/mol. The van der Waals surface area contributed by atoms with Crippen molar-refractivity contribution in [2.45, 2.75) is 115 Å². The van der Waals surface area contributed by atoms with Crippen molar-refractivity contribution in [1.82, 2.24) is 10.2 Å². The average Bonchev–Trinajstić information content (AvgIpc) is 3.29. The zero-order chi connectivity index (χ0) is 50.1. The number of hydrogen-bond donors (Lipinski definition) is 4. The van der Waals surface area contributed by atoms with Gasteiger partial charge in [0.05, 0.1) is 35.6 Å². The van der Waals surface area contributed by atoms with Crippen molar-refractivity contribution in [3.05, 3.63) is 119 Å². The molecule has 0 radical (unpaired) electrons. The van der Waals surface area contributed by atoms with Gasteiger partial charge in [0.2, 0.25) is 5.91 Å². The van der Waals surface area contributed by atoms with E-state index in [0.717, 1.165) is 13.8 Å². The van der Waals surface area contributed by atoms with Crippen LogP contribution in [0.5, 0.6) is 0 Å². The van der Waals surface area contributed by atoms with E-state index in [4.69, 9.17) is 23.7 Å². The molecular weight excluding hydrogens is 881 g/mol. The Labute approximate surface area is 394 Å². The maximum Gasteiger partial charge on any atom is 0.338 e. The van der Waals surface area contributed by atoms with Crippen molar-refractivity contribution in [1.29, 1.82) is 0 Å². The highest BCUT2D eigenvalue weighted by molar-refractivity contribution is 5.96. The van der Waals surface area contributed by atoms with Crippen molar-refractivity contribution < 1.29 is 72.6 Å². The van der Waals surface area contributed by atoms with Gasteiger partial charge in [0.1, 0.15) is 23.9 Å². The van der Waals surface area contributed by atoms with Crippen LogP contribution in [0.1, 0.15) is 93.6 Å².